The normalized spacial score (nSPS) is 12.3. The molecule has 2 amide bonds. The molecule has 13 heteroatoms. The van der Waals surface area contributed by atoms with Gasteiger partial charge in [0.2, 0.25) is 0 Å². The van der Waals surface area contributed by atoms with E-state index in [2.05, 4.69) is 5.10 Å². The topological polar surface area (TPSA) is 95.7 Å². The molecule has 0 aliphatic rings. The zero-order valence-corrected chi connectivity index (χ0v) is 15.8. The molecule has 1 aromatic heterocycles. The summed E-state index contributed by atoms with van der Waals surface area (Å²) in [5.74, 6) is -0.319. The van der Waals surface area contributed by atoms with Gasteiger partial charge in [0.1, 0.15) is 0 Å². The highest BCUT2D eigenvalue weighted by atomic mass is 35.6. The van der Waals surface area contributed by atoms with Crippen molar-refractivity contribution in [1.29, 1.82) is 0 Å². The highest BCUT2D eigenvalue weighted by molar-refractivity contribution is 6.68. The Labute approximate surface area is 160 Å². The van der Waals surface area contributed by atoms with Gasteiger partial charge in [-0.25, -0.2) is 9.59 Å². The summed E-state index contributed by atoms with van der Waals surface area (Å²) < 4.78 is -2.60. The van der Waals surface area contributed by atoms with Crippen molar-refractivity contribution in [3.05, 3.63) is 11.3 Å². The highest BCUT2D eigenvalue weighted by Gasteiger charge is 2.36. The first-order valence-corrected chi connectivity index (χ1v) is 7.94. The Balaban J connectivity index is 3.55. The molecule has 0 atom stereocenters. The Kier molecular flexibility index (Phi) is 6.57. The summed E-state index contributed by atoms with van der Waals surface area (Å²) in [6.45, 7) is 0. The molecule has 130 valence electrons. The zero-order chi connectivity index (χ0) is 18.2. The van der Waals surface area contributed by atoms with Crippen LogP contribution in [0.25, 0.3) is 0 Å². The molecule has 23 heavy (non-hydrogen) atoms. The smallest absolute Gasteiger partial charge is 0.422 e. The second-order valence-electron chi connectivity index (χ2n) is 4.36. The molecule has 0 saturated carbocycles. The minimum Gasteiger partial charge on any atom is -0.464 e. The van der Waals surface area contributed by atoms with Gasteiger partial charge in [-0.3, -0.25) is 4.68 Å². The summed E-state index contributed by atoms with van der Waals surface area (Å²) in [7, 11) is 1.32. The summed E-state index contributed by atoms with van der Waals surface area (Å²) in [4.78, 5) is 22.5. The van der Waals surface area contributed by atoms with Gasteiger partial charge < -0.3 is 10.2 Å². The fourth-order valence-electron chi connectivity index (χ4n) is 1.87. The van der Waals surface area contributed by atoms with Gasteiger partial charge in [0.25, 0.3) is 0 Å². The summed E-state index contributed by atoms with van der Waals surface area (Å²) in [6.07, 6.45) is -4.10. The van der Waals surface area contributed by atoms with Crippen LogP contribution in [0.1, 0.15) is 11.3 Å². The summed E-state index contributed by atoms with van der Waals surface area (Å²) in [5, 5.41) is 22.2. The van der Waals surface area contributed by atoms with Crippen LogP contribution in [0.4, 0.5) is 15.4 Å². The van der Waals surface area contributed by atoms with Crippen LogP contribution in [0.5, 0.6) is 0 Å². The lowest BCUT2D eigenvalue weighted by atomic mass is 10.1. The van der Waals surface area contributed by atoms with Gasteiger partial charge in [-0.15, -0.1) is 0 Å². The number of imide groups is 1. The second-order valence-corrected chi connectivity index (χ2v) is 9.39. The SMILES string of the molecule is Cn1nc(CC(Cl)(Cl)Cl)c(CC(Cl)(Cl)Cl)c1N(C(=O)O)C(=O)O. The van der Waals surface area contributed by atoms with E-state index in [9.17, 15) is 9.59 Å². The lowest BCUT2D eigenvalue weighted by molar-refractivity contribution is 0.183. The number of nitrogens with zero attached hydrogens (tertiary/aromatic N) is 3. The van der Waals surface area contributed by atoms with Gasteiger partial charge >= 0.3 is 12.2 Å². The number of aryl methyl sites for hydroxylation is 1. The number of anilines is 1. The van der Waals surface area contributed by atoms with Crippen molar-refractivity contribution in [2.75, 3.05) is 4.90 Å². The number of amides is 2. The molecular formula is C10H9Cl6N3O4. The average molecular weight is 448 g/mol. The van der Waals surface area contributed by atoms with Gasteiger partial charge in [0, 0.05) is 25.5 Å². The van der Waals surface area contributed by atoms with Gasteiger partial charge in [-0.2, -0.15) is 10.00 Å². The van der Waals surface area contributed by atoms with Gasteiger partial charge in [0.05, 0.1) is 5.69 Å². The van der Waals surface area contributed by atoms with Gasteiger partial charge in [-0.1, -0.05) is 69.6 Å². The maximum atomic E-state index is 11.2. The summed E-state index contributed by atoms with van der Waals surface area (Å²) in [6, 6.07) is 0. The van der Waals surface area contributed by atoms with Crippen LogP contribution >= 0.6 is 69.6 Å². The fraction of sp³-hybridized carbons (Fsp3) is 0.500. The van der Waals surface area contributed by atoms with Crippen LogP contribution in [0.2, 0.25) is 0 Å². The molecule has 0 aliphatic carbocycles. The predicted molar refractivity (Wildman–Crippen MR) is 89.7 cm³/mol. The highest BCUT2D eigenvalue weighted by Crippen LogP contribution is 2.39. The van der Waals surface area contributed by atoms with Crippen LogP contribution in [-0.2, 0) is 19.9 Å². The number of aromatic nitrogens is 2. The standard InChI is InChI=1S/C10H9Cl6N3O4/c1-18-6(19(7(20)21)8(22)23)4(2-9(11,12)13)5(17-18)3-10(14,15)16/h2-3H2,1H3,(H,20,21)(H,22,23). The Morgan fingerprint density at radius 3 is 1.83 bits per heavy atom. The quantitative estimate of drug-likeness (QED) is 0.669. The van der Waals surface area contributed by atoms with E-state index in [0.717, 1.165) is 4.68 Å². The molecule has 0 aromatic carbocycles. The molecule has 0 bridgehead atoms. The van der Waals surface area contributed by atoms with Crippen LogP contribution in [0.3, 0.4) is 0 Å². The molecule has 0 saturated heterocycles. The van der Waals surface area contributed by atoms with Crippen molar-refractivity contribution in [3.8, 4) is 0 Å². The predicted octanol–water partition coefficient (Wildman–Crippen LogP) is 4.41. The maximum absolute atomic E-state index is 11.2. The number of carboxylic acid groups (broad SMARTS) is 2. The minimum atomic E-state index is -1.84. The van der Waals surface area contributed by atoms with Crippen molar-refractivity contribution in [2.45, 2.75) is 20.4 Å². The van der Waals surface area contributed by atoms with Crippen molar-refractivity contribution in [1.82, 2.24) is 9.78 Å². The molecule has 0 unspecified atom stereocenters. The number of alkyl halides is 6. The number of hydrogen-bond acceptors (Lipinski definition) is 3. The Morgan fingerprint density at radius 2 is 1.48 bits per heavy atom. The van der Waals surface area contributed by atoms with Crippen molar-refractivity contribution in [2.24, 2.45) is 7.05 Å². The Morgan fingerprint density at radius 1 is 1.04 bits per heavy atom. The van der Waals surface area contributed by atoms with Crippen LogP contribution < -0.4 is 4.90 Å². The monoisotopic (exact) mass is 445 g/mol. The second kappa shape index (κ2) is 7.29. The molecule has 0 aliphatic heterocycles. The molecule has 7 nitrogen and oxygen atoms in total. The average Bonchev–Trinajstić information content (AvgIpc) is 2.52. The zero-order valence-electron chi connectivity index (χ0n) is 11.2. The first-order chi connectivity index (χ1) is 10.2. The van der Waals surface area contributed by atoms with Crippen molar-refractivity contribution >= 4 is 87.6 Å². The molecule has 1 heterocycles. The molecule has 1 rings (SSSR count). The molecule has 2 N–H and O–H groups in total. The van der Waals surface area contributed by atoms with E-state index >= 15 is 0 Å². The third-order valence-corrected chi connectivity index (χ3v) is 3.34. The Hall–Kier alpha value is -0.310. The van der Waals surface area contributed by atoms with Gasteiger partial charge in [0.15, 0.2) is 13.4 Å². The van der Waals surface area contributed by atoms with Gasteiger partial charge in [-0.05, 0) is 0 Å². The van der Waals surface area contributed by atoms with E-state index in [4.69, 9.17) is 79.8 Å². The van der Waals surface area contributed by atoms with Crippen LogP contribution in [-0.4, -0.2) is 39.8 Å². The fourth-order valence-corrected chi connectivity index (χ4v) is 2.65. The van der Waals surface area contributed by atoms with E-state index in [1.807, 2.05) is 0 Å². The third kappa shape index (κ3) is 5.92. The molecule has 0 spiro atoms. The largest absolute Gasteiger partial charge is 0.464 e. The number of hydrogen-bond donors (Lipinski definition) is 2. The first-order valence-electron chi connectivity index (χ1n) is 5.67. The van der Waals surface area contributed by atoms with E-state index in [1.54, 1.807) is 0 Å². The van der Waals surface area contributed by atoms with E-state index in [1.165, 1.54) is 7.05 Å². The molecule has 0 radical (unpaired) electrons. The molecular weight excluding hydrogens is 439 g/mol. The van der Waals surface area contributed by atoms with Crippen molar-refractivity contribution in [3.63, 3.8) is 0 Å². The number of halogens is 6. The lowest BCUT2D eigenvalue weighted by Crippen LogP contribution is -2.37. The number of carbonyl (C=O) groups is 2. The molecule has 1 aromatic rings. The van der Waals surface area contributed by atoms with E-state index in [-0.39, 0.29) is 34.8 Å². The Bertz CT molecular complexity index is 607. The first kappa shape index (κ1) is 20.7. The minimum absolute atomic E-state index is 0.0311. The third-order valence-electron chi connectivity index (χ3n) is 2.53. The van der Waals surface area contributed by atoms with E-state index in [0.29, 0.717) is 0 Å². The van der Waals surface area contributed by atoms with E-state index < -0.39 is 19.8 Å². The van der Waals surface area contributed by atoms with Crippen molar-refractivity contribution < 1.29 is 19.8 Å². The lowest BCUT2D eigenvalue weighted by Gasteiger charge is -2.18. The molecule has 0 fully saturated rings. The summed E-state index contributed by atoms with van der Waals surface area (Å²) >= 11 is 34.4. The number of rotatable bonds is 3. The van der Waals surface area contributed by atoms with Crippen LogP contribution in [0, 0.1) is 0 Å². The summed E-state index contributed by atoms with van der Waals surface area (Å²) in [5.41, 5.74) is 0.130. The maximum Gasteiger partial charge on any atom is 0.422 e. The van der Waals surface area contributed by atoms with Crippen LogP contribution in [0.15, 0.2) is 0 Å².